The van der Waals surface area contributed by atoms with Crippen molar-refractivity contribution in [3.63, 3.8) is 0 Å². The molecule has 1 aromatic heterocycles. The smallest absolute Gasteiger partial charge is 0.341 e. The van der Waals surface area contributed by atoms with Crippen molar-refractivity contribution in [2.24, 2.45) is 0 Å². The van der Waals surface area contributed by atoms with Gasteiger partial charge >= 0.3 is 11.9 Å². The molecule has 0 radical (unpaired) electrons. The van der Waals surface area contributed by atoms with Crippen LogP contribution >= 0.6 is 0 Å². The van der Waals surface area contributed by atoms with Gasteiger partial charge in [0.2, 0.25) is 11.2 Å². The van der Waals surface area contributed by atoms with E-state index in [0.29, 0.717) is 6.07 Å². The number of aromatic nitrogens is 1. The fraction of sp³-hybridized carbons (Fsp3) is 0.133. The van der Waals surface area contributed by atoms with E-state index in [2.05, 4.69) is 0 Å². The molecule has 0 atom stereocenters. The van der Waals surface area contributed by atoms with E-state index in [1.165, 1.54) is 0 Å². The first-order valence-corrected chi connectivity index (χ1v) is 6.69. The summed E-state index contributed by atoms with van der Waals surface area (Å²) in [6.07, 6.45) is 1.59. The quantitative estimate of drug-likeness (QED) is 0.884. The zero-order valence-electron chi connectivity index (χ0n) is 11.9. The van der Waals surface area contributed by atoms with E-state index >= 15 is 0 Å². The number of carboxylic acids is 2. The molecule has 9 heteroatoms. The van der Waals surface area contributed by atoms with Gasteiger partial charge in [0, 0.05) is 12.6 Å². The lowest BCUT2D eigenvalue weighted by molar-refractivity contribution is -0.136. The minimum Gasteiger partial charge on any atom is -0.481 e. The third kappa shape index (κ3) is 2.30. The minimum absolute atomic E-state index is 0.0647. The Bertz CT molecular complexity index is 992. The molecule has 0 saturated heterocycles. The molecule has 1 aliphatic heterocycles. The molecule has 7 nitrogen and oxygen atoms in total. The van der Waals surface area contributed by atoms with Crippen LogP contribution < -0.4 is 10.2 Å². The molecule has 0 spiro atoms. The maximum Gasteiger partial charge on any atom is 0.341 e. The highest BCUT2D eigenvalue weighted by Crippen LogP contribution is 2.35. The number of carbonyl (C=O) groups is 2. The van der Waals surface area contributed by atoms with Crippen molar-refractivity contribution in [1.29, 1.82) is 0 Å². The number of nitrogens with zero attached hydrogens (tertiary/aromatic N) is 1. The van der Waals surface area contributed by atoms with Gasteiger partial charge in [-0.05, 0) is 6.07 Å². The van der Waals surface area contributed by atoms with E-state index < -0.39 is 40.3 Å². The molecule has 1 aromatic carbocycles. The van der Waals surface area contributed by atoms with Crippen LogP contribution in [0.3, 0.4) is 0 Å². The van der Waals surface area contributed by atoms with Crippen LogP contribution in [-0.2, 0) is 4.79 Å². The maximum atomic E-state index is 13.9. The second-order valence-electron chi connectivity index (χ2n) is 5.07. The van der Waals surface area contributed by atoms with Crippen LogP contribution in [0.25, 0.3) is 16.6 Å². The van der Waals surface area contributed by atoms with Gasteiger partial charge in [-0.3, -0.25) is 9.59 Å². The summed E-state index contributed by atoms with van der Waals surface area (Å²) in [6.45, 7) is 0. The van der Waals surface area contributed by atoms with Crippen LogP contribution in [0.5, 0.6) is 5.75 Å². The zero-order chi connectivity index (χ0) is 17.6. The molecule has 0 aliphatic carbocycles. The molecule has 2 heterocycles. The molecule has 124 valence electrons. The molecule has 24 heavy (non-hydrogen) atoms. The van der Waals surface area contributed by atoms with Crippen LogP contribution in [0.15, 0.2) is 23.3 Å². The Morgan fingerprint density at radius 1 is 1.25 bits per heavy atom. The van der Waals surface area contributed by atoms with Gasteiger partial charge in [-0.2, -0.15) is 4.39 Å². The number of halogens is 2. The Morgan fingerprint density at radius 3 is 2.58 bits per heavy atom. The van der Waals surface area contributed by atoms with Gasteiger partial charge in [-0.15, -0.1) is 0 Å². The summed E-state index contributed by atoms with van der Waals surface area (Å²) in [5, 5.41) is 17.5. The first-order chi connectivity index (χ1) is 11.3. The number of carboxylic acid groups (broad SMARTS) is 2. The number of hydrogen-bond acceptors (Lipinski definition) is 4. The molecule has 0 saturated carbocycles. The van der Waals surface area contributed by atoms with Gasteiger partial charge in [0.05, 0.1) is 17.5 Å². The fourth-order valence-electron chi connectivity index (χ4n) is 2.49. The third-order valence-corrected chi connectivity index (χ3v) is 3.59. The summed E-state index contributed by atoms with van der Waals surface area (Å²) in [6, 6.07) is 0.600. The second kappa shape index (κ2) is 5.44. The molecule has 0 amide bonds. The zero-order valence-corrected chi connectivity index (χ0v) is 11.9. The number of hydrogen-bond donors (Lipinski definition) is 2. The fourth-order valence-corrected chi connectivity index (χ4v) is 2.49. The first kappa shape index (κ1) is 15.7. The summed E-state index contributed by atoms with van der Waals surface area (Å²) in [5.74, 6) is -5.89. The van der Waals surface area contributed by atoms with E-state index in [1.54, 1.807) is 0 Å². The van der Waals surface area contributed by atoms with Crippen molar-refractivity contribution in [1.82, 2.24) is 4.57 Å². The van der Waals surface area contributed by atoms with Crippen LogP contribution in [0.1, 0.15) is 23.2 Å². The van der Waals surface area contributed by atoms with Gasteiger partial charge in [0.15, 0.2) is 11.6 Å². The summed E-state index contributed by atoms with van der Waals surface area (Å²) in [5.41, 5.74) is -1.59. The van der Waals surface area contributed by atoms with Crippen LogP contribution in [0, 0.1) is 11.6 Å². The average Bonchev–Trinajstić information content (AvgIpc) is 2.52. The highest BCUT2D eigenvalue weighted by molar-refractivity contribution is 5.96. The Balaban J connectivity index is 2.35. The first-order valence-electron chi connectivity index (χ1n) is 6.69. The summed E-state index contributed by atoms with van der Waals surface area (Å²) < 4.78 is 33.8. The predicted molar refractivity (Wildman–Crippen MR) is 76.9 cm³/mol. The molecule has 3 rings (SSSR count). The second-order valence-corrected chi connectivity index (χ2v) is 5.07. The average molecular weight is 337 g/mol. The topological polar surface area (TPSA) is 106 Å². The summed E-state index contributed by atoms with van der Waals surface area (Å²) in [7, 11) is 0. The van der Waals surface area contributed by atoms with Gasteiger partial charge < -0.3 is 19.5 Å². The highest BCUT2D eigenvalue weighted by Gasteiger charge is 2.26. The van der Waals surface area contributed by atoms with Crippen molar-refractivity contribution in [2.75, 3.05) is 0 Å². The SMILES string of the molecule is O=C(O)CCC1=COc2c(F)c(F)cc3c(=O)c(C(=O)O)cn1c23. The number of allylic oxidation sites excluding steroid dienone is 1. The van der Waals surface area contributed by atoms with Gasteiger partial charge in [0.1, 0.15) is 17.3 Å². The van der Waals surface area contributed by atoms with Gasteiger partial charge in [-0.1, -0.05) is 0 Å². The lowest BCUT2D eigenvalue weighted by atomic mass is 10.1. The standard InChI is InChI=1S/C15H9F2NO6/c16-9-3-7-12-14(11(9)17)24-5-6(1-2-10(19)20)18(12)4-8(13(7)21)15(22)23/h3-5H,1-2H2,(H,19,20)(H,22,23). The van der Waals surface area contributed by atoms with Crippen LogP contribution in [0.2, 0.25) is 0 Å². The van der Waals surface area contributed by atoms with E-state index in [-0.39, 0.29) is 29.4 Å². The molecular weight excluding hydrogens is 328 g/mol. The predicted octanol–water partition coefficient (Wildman–Crippen LogP) is 2.03. The maximum absolute atomic E-state index is 13.9. The monoisotopic (exact) mass is 337 g/mol. The number of benzene rings is 1. The number of aliphatic carboxylic acids is 1. The number of aromatic carboxylic acids is 1. The molecule has 0 fully saturated rings. The molecule has 1 aliphatic rings. The van der Waals surface area contributed by atoms with Gasteiger partial charge in [-0.25, -0.2) is 9.18 Å². The molecule has 2 N–H and O–H groups in total. The van der Waals surface area contributed by atoms with Crippen LogP contribution in [-0.4, -0.2) is 26.7 Å². The summed E-state index contributed by atoms with van der Waals surface area (Å²) >= 11 is 0. The van der Waals surface area contributed by atoms with E-state index in [0.717, 1.165) is 17.0 Å². The Morgan fingerprint density at radius 2 is 1.96 bits per heavy atom. The normalized spacial score (nSPS) is 12.7. The van der Waals surface area contributed by atoms with E-state index in [9.17, 15) is 23.2 Å². The largest absolute Gasteiger partial charge is 0.481 e. The minimum atomic E-state index is -1.54. The third-order valence-electron chi connectivity index (χ3n) is 3.59. The number of pyridine rings is 1. The Hall–Kier alpha value is -3.23. The Labute approximate surface area is 132 Å². The van der Waals surface area contributed by atoms with Crippen molar-refractivity contribution < 1.29 is 33.3 Å². The van der Waals surface area contributed by atoms with Crippen molar-refractivity contribution in [2.45, 2.75) is 12.8 Å². The summed E-state index contributed by atoms with van der Waals surface area (Å²) in [4.78, 5) is 34.2. The lowest BCUT2D eigenvalue weighted by Crippen LogP contribution is -2.21. The van der Waals surface area contributed by atoms with Crippen LogP contribution in [0.4, 0.5) is 8.78 Å². The van der Waals surface area contributed by atoms with Gasteiger partial charge in [0.25, 0.3) is 0 Å². The molecule has 0 unspecified atom stereocenters. The van der Waals surface area contributed by atoms with Crippen molar-refractivity contribution in [3.05, 3.63) is 45.9 Å². The number of rotatable bonds is 4. The van der Waals surface area contributed by atoms with E-state index in [1.807, 2.05) is 0 Å². The van der Waals surface area contributed by atoms with Crippen molar-refractivity contribution >= 4 is 28.5 Å². The lowest BCUT2D eigenvalue weighted by Gasteiger charge is -2.22. The molecule has 0 bridgehead atoms. The highest BCUT2D eigenvalue weighted by atomic mass is 19.2. The number of ether oxygens (including phenoxy) is 1. The van der Waals surface area contributed by atoms with E-state index in [4.69, 9.17) is 14.9 Å². The molecular formula is C15H9F2NO6. The van der Waals surface area contributed by atoms with Crippen molar-refractivity contribution in [3.8, 4) is 5.75 Å². The molecule has 2 aromatic rings. The Kier molecular flexibility index (Phi) is 3.55.